The number of nitro groups is 1. The van der Waals surface area contributed by atoms with E-state index in [2.05, 4.69) is 5.32 Å². The fourth-order valence-corrected chi connectivity index (χ4v) is 3.52. The molecular weight excluding hydrogens is 445 g/mol. The zero-order valence-electron chi connectivity index (χ0n) is 17.3. The molecule has 1 aliphatic heterocycles. The lowest BCUT2D eigenvalue weighted by atomic mass is 9.92. The van der Waals surface area contributed by atoms with Crippen molar-refractivity contribution in [3.63, 3.8) is 0 Å². The standard InChI is InChI=1S/C21H19F3N4O5/c1-20(15-8-3-2-4-9-15)18(30)27(19(31)25-20)12-17(29)26(13-21(22,23)24)11-14-7-5-6-10-16(14)28(32)33/h2-10H,11-13H2,1H3,(H,25,31). The van der Waals surface area contributed by atoms with Gasteiger partial charge in [0.1, 0.15) is 18.6 Å². The average molecular weight is 464 g/mol. The Morgan fingerprint density at radius 1 is 1.12 bits per heavy atom. The Kier molecular flexibility index (Phi) is 6.38. The van der Waals surface area contributed by atoms with E-state index in [4.69, 9.17) is 0 Å². The highest BCUT2D eigenvalue weighted by Crippen LogP contribution is 2.29. The quantitative estimate of drug-likeness (QED) is 0.385. The van der Waals surface area contributed by atoms with Gasteiger partial charge in [-0.15, -0.1) is 0 Å². The third kappa shape index (κ3) is 5.10. The van der Waals surface area contributed by atoms with Crippen LogP contribution < -0.4 is 5.32 Å². The molecule has 0 saturated carbocycles. The first-order valence-electron chi connectivity index (χ1n) is 9.69. The second-order valence-electron chi connectivity index (χ2n) is 7.56. The smallest absolute Gasteiger partial charge is 0.327 e. The molecular formula is C21H19F3N4O5. The number of carbonyl (C=O) groups excluding carboxylic acids is 3. The molecule has 0 bridgehead atoms. The summed E-state index contributed by atoms with van der Waals surface area (Å²) in [5, 5.41) is 13.7. The molecule has 9 nitrogen and oxygen atoms in total. The van der Waals surface area contributed by atoms with Gasteiger partial charge in [-0.3, -0.25) is 24.6 Å². The Bertz CT molecular complexity index is 1090. The van der Waals surface area contributed by atoms with Crippen molar-refractivity contribution in [2.75, 3.05) is 13.1 Å². The molecule has 1 fully saturated rings. The van der Waals surface area contributed by atoms with Crippen LogP contribution in [0.5, 0.6) is 0 Å². The topological polar surface area (TPSA) is 113 Å². The summed E-state index contributed by atoms with van der Waals surface area (Å²) in [6.07, 6.45) is -4.81. The van der Waals surface area contributed by atoms with Gasteiger partial charge >= 0.3 is 12.2 Å². The SMILES string of the molecule is CC1(c2ccccc2)NC(=O)N(CC(=O)N(Cc2ccccc2[N+](=O)[O-])CC(F)(F)F)C1=O. The Labute approximate surface area is 185 Å². The van der Waals surface area contributed by atoms with Gasteiger partial charge in [0.15, 0.2) is 0 Å². The van der Waals surface area contributed by atoms with Crippen LogP contribution in [-0.2, 0) is 21.7 Å². The van der Waals surface area contributed by atoms with E-state index in [0.29, 0.717) is 15.4 Å². The first kappa shape index (κ1) is 23.7. The van der Waals surface area contributed by atoms with Crippen molar-refractivity contribution < 1.29 is 32.5 Å². The first-order chi connectivity index (χ1) is 15.4. The second-order valence-corrected chi connectivity index (χ2v) is 7.56. The summed E-state index contributed by atoms with van der Waals surface area (Å²) < 4.78 is 39.5. The minimum atomic E-state index is -4.81. The first-order valence-corrected chi connectivity index (χ1v) is 9.69. The number of amides is 4. The zero-order chi connectivity index (χ0) is 24.4. The van der Waals surface area contributed by atoms with Crippen molar-refractivity contribution >= 4 is 23.5 Å². The Morgan fingerprint density at radius 2 is 1.73 bits per heavy atom. The number of urea groups is 1. The molecule has 0 radical (unpaired) electrons. The molecule has 2 aromatic rings. The van der Waals surface area contributed by atoms with Crippen LogP contribution >= 0.6 is 0 Å². The molecule has 0 aromatic heterocycles. The van der Waals surface area contributed by atoms with Gasteiger partial charge in [0.2, 0.25) is 5.91 Å². The molecule has 0 spiro atoms. The summed E-state index contributed by atoms with van der Waals surface area (Å²) in [7, 11) is 0. The Balaban J connectivity index is 1.85. The molecule has 1 heterocycles. The average Bonchev–Trinajstić information content (AvgIpc) is 2.97. The lowest BCUT2D eigenvalue weighted by Crippen LogP contribution is -2.46. The summed E-state index contributed by atoms with van der Waals surface area (Å²) >= 11 is 0. The van der Waals surface area contributed by atoms with E-state index in [1.807, 2.05) is 0 Å². The van der Waals surface area contributed by atoms with Crippen molar-refractivity contribution in [3.8, 4) is 0 Å². The van der Waals surface area contributed by atoms with E-state index in [1.165, 1.54) is 25.1 Å². The third-order valence-electron chi connectivity index (χ3n) is 5.19. The summed E-state index contributed by atoms with van der Waals surface area (Å²) in [6, 6.07) is 12.3. The number of nitrogens with one attached hydrogen (secondary N) is 1. The van der Waals surface area contributed by atoms with Gasteiger partial charge in [0.25, 0.3) is 11.6 Å². The number of nitrogens with zero attached hydrogens (tertiary/aromatic N) is 3. The van der Waals surface area contributed by atoms with Crippen molar-refractivity contribution in [2.24, 2.45) is 0 Å². The van der Waals surface area contributed by atoms with E-state index >= 15 is 0 Å². The fourth-order valence-electron chi connectivity index (χ4n) is 3.52. The van der Waals surface area contributed by atoms with Crippen LogP contribution in [-0.4, -0.2) is 51.8 Å². The molecule has 33 heavy (non-hydrogen) atoms. The maximum Gasteiger partial charge on any atom is 0.406 e. The van der Waals surface area contributed by atoms with E-state index in [9.17, 15) is 37.7 Å². The van der Waals surface area contributed by atoms with Gasteiger partial charge in [-0.05, 0) is 12.5 Å². The normalized spacial score (nSPS) is 18.2. The highest BCUT2D eigenvalue weighted by atomic mass is 19.4. The highest BCUT2D eigenvalue weighted by molar-refractivity contribution is 6.09. The minimum Gasteiger partial charge on any atom is -0.327 e. The monoisotopic (exact) mass is 464 g/mol. The largest absolute Gasteiger partial charge is 0.406 e. The number of nitro benzene ring substituents is 1. The number of rotatable bonds is 7. The third-order valence-corrected chi connectivity index (χ3v) is 5.19. The molecule has 4 amide bonds. The van der Waals surface area contributed by atoms with Crippen LogP contribution in [0.2, 0.25) is 0 Å². The molecule has 2 aromatic carbocycles. The molecule has 1 aliphatic rings. The molecule has 3 rings (SSSR count). The summed E-state index contributed by atoms with van der Waals surface area (Å²) in [6.45, 7) is -1.97. The van der Waals surface area contributed by atoms with Gasteiger partial charge in [-0.1, -0.05) is 48.5 Å². The van der Waals surface area contributed by atoms with E-state index in [0.717, 1.165) is 6.07 Å². The van der Waals surface area contributed by atoms with Crippen LogP contribution in [0.3, 0.4) is 0 Å². The van der Waals surface area contributed by atoms with Crippen molar-refractivity contribution in [1.29, 1.82) is 0 Å². The van der Waals surface area contributed by atoms with Gasteiger partial charge in [-0.25, -0.2) is 4.79 Å². The highest BCUT2D eigenvalue weighted by Gasteiger charge is 2.50. The summed E-state index contributed by atoms with van der Waals surface area (Å²) in [5.74, 6) is -1.99. The number of hydrogen-bond acceptors (Lipinski definition) is 5. The van der Waals surface area contributed by atoms with Gasteiger partial charge in [0, 0.05) is 11.6 Å². The fraction of sp³-hybridized carbons (Fsp3) is 0.286. The minimum absolute atomic E-state index is 0.119. The number of hydrogen-bond donors (Lipinski definition) is 1. The number of para-hydroxylation sites is 1. The van der Waals surface area contributed by atoms with Crippen LogP contribution in [0.25, 0.3) is 0 Å². The van der Waals surface area contributed by atoms with Gasteiger partial charge < -0.3 is 10.2 Å². The van der Waals surface area contributed by atoms with Crippen LogP contribution in [0.1, 0.15) is 18.1 Å². The molecule has 12 heteroatoms. The number of alkyl halides is 3. The number of imide groups is 1. The number of halogens is 3. The number of benzene rings is 2. The molecule has 1 saturated heterocycles. The maximum atomic E-state index is 13.2. The number of carbonyl (C=O) groups is 3. The lowest BCUT2D eigenvalue weighted by Gasteiger charge is -2.26. The van der Waals surface area contributed by atoms with Crippen molar-refractivity contribution in [1.82, 2.24) is 15.1 Å². The molecule has 1 atom stereocenters. The lowest BCUT2D eigenvalue weighted by molar-refractivity contribution is -0.385. The molecule has 0 aliphatic carbocycles. The van der Waals surface area contributed by atoms with Crippen molar-refractivity contribution in [3.05, 3.63) is 75.8 Å². The predicted molar refractivity (Wildman–Crippen MR) is 109 cm³/mol. The zero-order valence-corrected chi connectivity index (χ0v) is 17.3. The maximum absolute atomic E-state index is 13.2. The summed E-state index contributed by atoms with van der Waals surface area (Å²) in [5.41, 5.74) is -1.63. The van der Waals surface area contributed by atoms with E-state index < -0.39 is 59.8 Å². The predicted octanol–water partition coefficient (Wildman–Crippen LogP) is 2.95. The van der Waals surface area contributed by atoms with Gasteiger partial charge in [-0.2, -0.15) is 13.2 Å². The van der Waals surface area contributed by atoms with Crippen LogP contribution in [0.15, 0.2) is 54.6 Å². The van der Waals surface area contributed by atoms with E-state index in [1.54, 1.807) is 30.3 Å². The molecule has 1 N–H and O–H groups in total. The molecule has 1 unspecified atom stereocenters. The van der Waals surface area contributed by atoms with Gasteiger partial charge in [0.05, 0.1) is 11.5 Å². The van der Waals surface area contributed by atoms with Crippen molar-refractivity contribution in [2.45, 2.75) is 25.2 Å². The van der Waals surface area contributed by atoms with Crippen LogP contribution in [0.4, 0.5) is 23.7 Å². The van der Waals surface area contributed by atoms with E-state index in [-0.39, 0.29) is 5.56 Å². The second kappa shape index (κ2) is 8.88. The summed E-state index contributed by atoms with van der Waals surface area (Å²) in [4.78, 5) is 49.5. The molecule has 174 valence electrons. The Morgan fingerprint density at radius 3 is 2.33 bits per heavy atom. The Hall–Kier alpha value is -3.96. The van der Waals surface area contributed by atoms with Crippen LogP contribution in [0, 0.1) is 10.1 Å².